The van der Waals surface area contributed by atoms with Gasteiger partial charge in [-0.25, -0.2) is 0 Å². The first kappa shape index (κ1) is 11.9. The topological polar surface area (TPSA) is 0 Å². The highest BCUT2D eigenvalue weighted by molar-refractivity contribution is 6.81. The summed E-state index contributed by atoms with van der Waals surface area (Å²) in [5.74, 6) is 0. The van der Waals surface area contributed by atoms with Gasteiger partial charge in [0.1, 0.15) is 0 Å². The molecule has 0 amide bonds. The molecule has 12 heavy (non-hydrogen) atoms. The van der Waals surface area contributed by atoms with Gasteiger partial charge in [0.05, 0.1) is 16.1 Å². The molecule has 0 aliphatic heterocycles. The van der Waals surface area contributed by atoms with Crippen molar-refractivity contribution >= 4 is 16.1 Å². The van der Waals surface area contributed by atoms with Crippen molar-refractivity contribution < 1.29 is 0 Å². The fourth-order valence-corrected chi connectivity index (χ4v) is 2.07. The molecular weight excluding hydrogens is 176 g/mol. The van der Waals surface area contributed by atoms with Crippen molar-refractivity contribution in [1.82, 2.24) is 0 Å². The molecule has 0 saturated heterocycles. The Kier molecular flexibility index (Phi) is 4.21. The van der Waals surface area contributed by atoms with E-state index in [-0.39, 0.29) is 0 Å². The number of allylic oxidation sites excluding steroid dienone is 2. The molecule has 0 aliphatic carbocycles. The molecule has 0 aliphatic rings. The summed E-state index contributed by atoms with van der Waals surface area (Å²) >= 11 is 0. The van der Waals surface area contributed by atoms with E-state index in [4.69, 9.17) is 0 Å². The van der Waals surface area contributed by atoms with E-state index < -0.39 is 16.1 Å². The van der Waals surface area contributed by atoms with Crippen LogP contribution in [0, 0.1) is 0 Å². The van der Waals surface area contributed by atoms with Crippen LogP contribution in [0.4, 0.5) is 0 Å². The molecule has 0 saturated carbocycles. The summed E-state index contributed by atoms with van der Waals surface area (Å²) in [6, 6.07) is 0. The van der Waals surface area contributed by atoms with E-state index in [1.54, 1.807) is 0 Å². The first-order chi connectivity index (χ1) is 5.21. The van der Waals surface area contributed by atoms with Crippen LogP contribution in [0.25, 0.3) is 0 Å². The molecule has 0 aromatic carbocycles. The first-order valence-electron chi connectivity index (χ1n) is 4.58. The zero-order chi connectivity index (χ0) is 9.83. The molecule has 0 radical (unpaired) electrons. The third kappa shape index (κ3) is 9.91. The zero-order valence-electron chi connectivity index (χ0n) is 9.31. The molecule has 0 heterocycles. The second kappa shape index (κ2) is 4.24. The van der Waals surface area contributed by atoms with Crippen LogP contribution in [-0.2, 0) is 0 Å². The minimum atomic E-state index is -0.970. The van der Waals surface area contributed by atoms with Crippen molar-refractivity contribution in [2.45, 2.75) is 39.3 Å². The molecule has 0 N–H and O–H groups in total. The molecule has 0 atom stereocenters. The third-order valence-electron chi connectivity index (χ3n) is 1.30. The Labute approximate surface area is 79.4 Å². The van der Waals surface area contributed by atoms with Crippen molar-refractivity contribution in [3.8, 4) is 0 Å². The van der Waals surface area contributed by atoms with Gasteiger partial charge in [0.15, 0.2) is 0 Å². The summed E-state index contributed by atoms with van der Waals surface area (Å²) < 4.78 is 0. The maximum absolute atomic E-state index is 2.38. The highest BCUT2D eigenvalue weighted by Crippen LogP contribution is 2.04. The van der Waals surface area contributed by atoms with Crippen molar-refractivity contribution in [2.75, 3.05) is 0 Å². The van der Waals surface area contributed by atoms with Gasteiger partial charge in [0.25, 0.3) is 0 Å². The van der Waals surface area contributed by atoms with Crippen LogP contribution >= 0.6 is 0 Å². The minimum absolute atomic E-state index is 0.970. The lowest BCUT2D eigenvalue weighted by atomic mass is 10.6. The highest BCUT2D eigenvalue weighted by Gasteiger charge is 2.07. The number of hydrogen-bond donors (Lipinski definition) is 0. The van der Waals surface area contributed by atoms with Gasteiger partial charge >= 0.3 is 0 Å². The smallest absolute Gasteiger partial charge is 0.0686 e. The average molecular weight is 198 g/mol. The lowest BCUT2D eigenvalue weighted by Gasteiger charge is -2.08. The van der Waals surface area contributed by atoms with Gasteiger partial charge in [-0.15, -0.1) is 0 Å². The third-order valence-corrected chi connectivity index (χ3v) is 3.69. The number of rotatable bonds is 3. The van der Waals surface area contributed by atoms with Crippen LogP contribution in [0.5, 0.6) is 0 Å². The van der Waals surface area contributed by atoms with Crippen LogP contribution in [-0.4, -0.2) is 16.1 Å². The predicted octanol–water partition coefficient (Wildman–Crippen LogP) is 3.85. The Morgan fingerprint density at radius 3 is 1.00 bits per heavy atom. The van der Waals surface area contributed by atoms with Crippen LogP contribution in [0.2, 0.25) is 39.3 Å². The molecule has 0 spiro atoms. The highest BCUT2D eigenvalue weighted by atomic mass is 28.3. The molecule has 0 bridgehead atoms. The summed E-state index contributed by atoms with van der Waals surface area (Å²) in [5, 5.41) is 0. The van der Waals surface area contributed by atoms with Crippen molar-refractivity contribution in [2.24, 2.45) is 0 Å². The molecule has 0 nitrogen and oxygen atoms in total. The predicted molar refractivity (Wildman–Crippen MR) is 65.0 cm³/mol. The van der Waals surface area contributed by atoms with Gasteiger partial charge < -0.3 is 0 Å². The van der Waals surface area contributed by atoms with Crippen molar-refractivity contribution in [3.63, 3.8) is 0 Å². The molecule has 0 aromatic heterocycles. The van der Waals surface area contributed by atoms with Gasteiger partial charge in [0.2, 0.25) is 0 Å². The second-order valence-electron chi connectivity index (χ2n) is 5.45. The van der Waals surface area contributed by atoms with Gasteiger partial charge in [-0.2, -0.15) is 0 Å². The van der Waals surface area contributed by atoms with Crippen LogP contribution in [0.1, 0.15) is 0 Å². The van der Waals surface area contributed by atoms with Crippen molar-refractivity contribution in [1.29, 1.82) is 0 Å². The summed E-state index contributed by atoms with van der Waals surface area (Å²) in [4.78, 5) is 0. The lowest BCUT2D eigenvalue weighted by Crippen LogP contribution is -2.16. The molecule has 2 heteroatoms. The fourth-order valence-electron chi connectivity index (χ4n) is 0.688. The second-order valence-corrected chi connectivity index (χ2v) is 15.6. The Bertz CT molecular complexity index is 155. The Morgan fingerprint density at radius 2 is 0.833 bits per heavy atom. The Morgan fingerprint density at radius 1 is 0.583 bits per heavy atom. The molecule has 0 rings (SSSR count). The standard InChI is InChI=1S/C10H22Si2/c1-11(2,3)9-7-8-10-12(4,5)6/h7-10H,1-6H3/b9-7-,10-8+. The minimum Gasteiger partial charge on any atom is -0.0950 e. The quantitative estimate of drug-likeness (QED) is 0.477. The van der Waals surface area contributed by atoms with Gasteiger partial charge in [-0.05, 0) is 0 Å². The SMILES string of the molecule is C[Si](C)(C)/C=C\C=C\[Si](C)(C)C. The van der Waals surface area contributed by atoms with E-state index >= 15 is 0 Å². The Hall–Kier alpha value is -0.0862. The number of hydrogen-bond acceptors (Lipinski definition) is 0. The normalized spacial score (nSPS) is 14.8. The molecule has 0 aromatic rings. The summed E-state index contributed by atoms with van der Waals surface area (Å²) in [7, 11) is -1.94. The van der Waals surface area contributed by atoms with Gasteiger partial charge in [-0.1, -0.05) is 62.8 Å². The summed E-state index contributed by atoms with van der Waals surface area (Å²) in [5.41, 5.74) is 4.76. The lowest BCUT2D eigenvalue weighted by molar-refractivity contribution is 1.74. The molecular formula is C10H22Si2. The van der Waals surface area contributed by atoms with Crippen LogP contribution in [0.3, 0.4) is 0 Å². The fraction of sp³-hybridized carbons (Fsp3) is 0.600. The zero-order valence-corrected chi connectivity index (χ0v) is 11.3. The molecule has 0 unspecified atom stereocenters. The van der Waals surface area contributed by atoms with Crippen LogP contribution in [0.15, 0.2) is 23.6 Å². The van der Waals surface area contributed by atoms with E-state index in [9.17, 15) is 0 Å². The van der Waals surface area contributed by atoms with Gasteiger partial charge in [-0.3, -0.25) is 0 Å². The first-order valence-corrected chi connectivity index (χ1v) is 11.7. The van der Waals surface area contributed by atoms with E-state index in [0.717, 1.165) is 0 Å². The maximum Gasteiger partial charge on any atom is 0.0686 e. The van der Waals surface area contributed by atoms with E-state index in [2.05, 4.69) is 62.8 Å². The molecule has 70 valence electrons. The summed E-state index contributed by atoms with van der Waals surface area (Å²) in [6.45, 7) is 14.1. The van der Waals surface area contributed by atoms with E-state index in [1.165, 1.54) is 0 Å². The van der Waals surface area contributed by atoms with E-state index in [0.29, 0.717) is 0 Å². The Balaban J connectivity index is 4.00. The van der Waals surface area contributed by atoms with Crippen molar-refractivity contribution in [3.05, 3.63) is 23.6 Å². The summed E-state index contributed by atoms with van der Waals surface area (Å²) in [6.07, 6.45) is 4.45. The monoisotopic (exact) mass is 198 g/mol. The maximum atomic E-state index is 2.38. The average Bonchev–Trinajstić information content (AvgIpc) is 1.76. The molecule has 0 fully saturated rings. The van der Waals surface area contributed by atoms with Gasteiger partial charge in [0, 0.05) is 0 Å². The van der Waals surface area contributed by atoms with Crippen LogP contribution < -0.4 is 0 Å². The largest absolute Gasteiger partial charge is 0.0950 e. The van der Waals surface area contributed by atoms with E-state index in [1.807, 2.05) is 0 Å².